The highest BCUT2D eigenvalue weighted by Crippen LogP contribution is 2.25. The fourth-order valence-electron chi connectivity index (χ4n) is 2.62. The first-order valence-electron chi connectivity index (χ1n) is 8.95. The SMILES string of the molecule is COc1ccc(OC(C)c2nnc(SCC(=O)Nc3ccc(Br)cc3F)n2C)cc1. The van der Waals surface area contributed by atoms with Crippen LogP contribution in [0.1, 0.15) is 18.9 Å². The van der Waals surface area contributed by atoms with Gasteiger partial charge in [0.05, 0.1) is 18.6 Å². The van der Waals surface area contributed by atoms with Crippen LogP contribution in [-0.4, -0.2) is 33.5 Å². The van der Waals surface area contributed by atoms with E-state index in [1.165, 1.54) is 23.9 Å². The number of hydrogen-bond donors (Lipinski definition) is 1. The minimum atomic E-state index is -0.506. The lowest BCUT2D eigenvalue weighted by atomic mass is 10.3. The van der Waals surface area contributed by atoms with Crippen molar-refractivity contribution in [2.45, 2.75) is 18.2 Å². The van der Waals surface area contributed by atoms with Gasteiger partial charge < -0.3 is 19.4 Å². The van der Waals surface area contributed by atoms with Gasteiger partial charge in [0.2, 0.25) is 5.91 Å². The normalized spacial score (nSPS) is 11.8. The molecule has 0 spiro atoms. The molecule has 1 heterocycles. The molecule has 0 saturated heterocycles. The third kappa shape index (κ3) is 5.51. The highest BCUT2D eigenvalue weighted by atomic mass is 79.9. The minimum absolute atomic E-state index is 0.0647. The molecule has 1 N–H and O–H groups in total. The fraction of sp³-hybridized carbons (Fsp3) is 0.250. The number of thioether (sulfide) groups is 1. The Labute approximate surface area is 186 Å². The molecule has 3 aromatic rings. The number of benzene rings is 2. The molecule has 3 rings (SSSR count). The third-order valence-electron chi connectivity index (χ3n) is 4.14. The number of anilines is 1. The number of rotatable bonds is 8. The van der Waals surface area contributed by atoms with Crippen molar-refractivity contribution in [3.8, 4) is 11.5 Å². The van der Waals surface area contributed by atoms with Gasteiger partial charge in [0.1, 0.15) is 17.3 Å². The van der Waals surface area contributed by atoms with Crippen molar-refractivity contribution in [1.29, 1.82) is 0 Å². The molecule has 1 unspecified atom stereocenters. The van der Waals surface area contributed by atoms with Crippen molar-refractivity contribution in [3.63, 3.8) is 0 Å². The summed E-state index contributed by atoms with van der Waals surface area (Å²) >= 11 is 4.39. The van der Waals surface area contributed by atoms with Gasteiger partial charge >= 0.3 is 0 Å². The van der Waals surface area contributed by atoms with E-state index in [9.17, 15) is 9.18 Å². The zero-order chi connectivity index (χ0) is 21.7. The van der Waals surface area contributed by atoms with Gasteiger partial charge in [0.15, 0.2) is 17.1 Å². The molecule has 30 heavy (non-hydrogen) atoms. The van der Waals surface area contributed by atoms with Crippen LogP contribution in [0, 0.1) is 5.82 Å². The van der Waals surface area contributed by atoms with Crippen molar-refractivity contribution in [2.75, 3.05) is 18.2 Å². The van der Waals surface area contributed by atoms with E-state index in [2.05, 4.69) is 31.4 Å². The quantitative estimate of drug-likeness (QED) is 0.461. The largest absolute Gasteiger partial charge is 0.497 e. The van der Waals surface area contributed by atoms with Crippen molar-refractivity contribution >= 4 is 39.3 Å². The Morgan fingerprint density at radius 1 is 1.23 bits per heavy atom. The third-order valence-corrected chi connectivity index (χ3v) is 5.66. The second-order valence-corrected chi connectivity index (χ2v) is 8.15. The second-order valence-electron chi connectivity index (χ2n) is 6.30. The molecule has 0 aliphatic heterocycles. The number of ether oxygens (including phenoxy) is 2. The summed E-state index contributed by atoms with van der Waals surface area (Å²) in [4.78, 5) is 12.2. The highest BCUT2D eigenvalue weighted by molar-refractivity contribution is 9.10. The number of nitrogens with zero attached hydrogens (tertiary/aromatic N) is 3. The Balaban J connectivity index is 1.58. The Kier molecular flexibility index (Phi) is 7.33. The summed E-state index contributed by atoms with van der Waals surface area (Å²) in [6.07, 6.45) is -0.351. The van der Waals surface area contributed by atoms with Crippen LogP contribution in [0.2, 0.25) is 0 Å². The zero-order valence-electron chi connectivity index (χ0n) is 16.6. The summed E-state index contributed by atoms with van der Waals surface area (Å²) in [6.45, 7) is 1.87. The Hall–Kier alpha value is -2.59. The molecule has 0 bridgehead atoms. The summed E-state index contributed by atoms with van der Waals surface area (Å²) in [7, 11) is 3.41. The van der Waals surface area contributed by atoms with Gasteiger partial charge in [-0.1, -0.05) is 27.7 Å². The molecule has 1 aromatic heterocycles. The molecule has 0 aliphatic carbocycles. The number of nitrogens with one attached hydrogen (secondary N) is 1. The summed E-state index contributed by atoms with van der Waals surface area (Å²) in [5.74, 6) is 1.26. The average Bonchev–Trinajstić information content (AvgIpc) is 3.09. The first kappa shape index (κ1) is 22.1. The summed E-state index contributed by atoms with van der Waals surface area (Å²) in [5, 5.41) is 11.4. The van der Waals surface area contributed by atoms with Crippen molar-refractivity contribution in [2.24, 2.45) is 7.05 Å². The number of carbonyl (C=O) groups is 1. The maximum Gasteiger partial charge on any atom is 0.234 e. The summed E-state index contributed by atoms with van der Waals surface area (Å²) in [5.41, 5.74) is 0.129. The van der Waals surface area contributed by atoms with Gasteiger partial charge in [-0.05, 0) is 49.4 Å². The van der Waals surface area contributed by atoms with E-state index in [4.69, 9.17) is 9.47 Å². The van der Waals surface area contributed by atoms with E-state index in [1.807, 2.05) is 31.2 Å². The van der Waals surface area contributed by atoms with Crippen molar-refractivity contribution in [3.05, 3.63) is 58.6 Å². The number of halogens is 2. The van der Waals surface area contributed by atoms with Gasteiger partial charge in [0, 0.05) is 11.5 Å². The van der Waals surface area contributed by atoms with E-state index >= 15 is 0 Å². The lowest BCUT2D eigenvalue weighted by Crippen LogP contribution is -2.15. The van der Waals surface area contributed by atoms with Crippen LogP contribution in [0.25, 0.3) is 0 Å². The molecule has 1 atom stereocenters. The van der Waals surface area contributed by atoms with Crippen LogP contribution in [0.4, 0.5) is 10.1 Å². The predicted molar refractivity (Wildman–Crippen MR) is 116 cm³/mol. The Bertz CT molecular complexity index is 1030. The van der Waals surface area contributed by atoms with Crippen molar-refractivity contribution in [1.82, 2.24) is 14.8 Å². The standard InChI is InChI=1S/C20H20BrFN4O3S/c1-12(29-15-7-5-14(28-3)6-8-15)19-24-25-20(26(19)2)30-11-18(27)23-17-9-4-13(21)10-16(17)22/h4-10,12H,11H2,1-3H3,(H,23,27). The summed E-state index contributed by atoms with van der Waals surface area (Å²) < 4.78 is 27.3. The van der Waals surface area contributed by atoms with Crippen molar-refractivity contribution < 1.29 is 18.7 Å². The smallest absolute Gasteiger partial charge is 0.234 e. The number of hydrogen-bond acceptors (Lipinski definition) is 6. The molecular weight excluding hydrogens is 475 g/mol. The van der Waals surface area contributed by atoms with E-state index < -0.39 is 5.82 Å². The van der Waals surface area contributed by atoms with Crippen LogP contribution in [0.3, 0.4) is 0 Å². The van der Waals surface area contributed by atoms with E-state index in [0.717, 1.165) is 5.75 Å². The zero-order valence-corrected chi connectivity index (χ0v) is 19.0. The van der Waals surface area contributed by atoms with E-state index in [-0.39, 0.29) is 23.5 Å². The average molecular weight is 495 g/mol. The molecule has 0 saturated carbocycles. The second kappa shape index (κ2) is 9.94. The molecule has 158 valence electrons. The molecule has 2 aromatic carbocycles. The monoisotopic (exact) mass is 494 g/mol. The highest BCUT2D eigenvalue weighted by Gasteiger charge is 2.18. The lowest BCUT2D eigenvalue weighted by molar-refractivity contribution is -0.113. The van der Waals surface area contributed by atoms with Gasteiger partial charge in [-0.2, -0.15) is 0 Å². The van der Waals surface area contributed by atoms with Gasteiger partial charge in [-0.3, -0.25) is 4.79 Å². The lowest BCUT2D eigenvalue weighted by Gasteiger charge is -2.14. The minimum Gasteiger partial charge on any atom is -0.497 e. The molecule has 0 radical (unpaired) electrons. The van der Waals surface area contributed by atoms with E-state index in [1.54, 1.807) is 24.8 Å². The van der Waals surface area contributed by atoms with Crippen LogP contribution in [0.15, 0.2) is 52.1 Å². The molecule has 1 amide bonds. The predicted octanol–water partition coefficient (Wildman–Crippen LogP) is 4.60. The Morgan fingerprint density at radius 3 is 2.60 bits per heavy atom. The van der Waals surface area contributed by atoms with Gasteiger partial charge in [0.25, 0.3) is 0 Å². The molecule has 7 nitrogen and oxygen atoms in total. The first-order valence-corrected chi connectivity index (χ1v) is 10.7. The van der Waals surface area contributed by atoms with Crippen LogP contribution in [-0.2, 0) is 11.8 Å². The number of amides is 1. The topological polar surface area (TPSA) is 78.3 Å². The maximum atomic E-state index is 13.9. The number of aromatic nitrogens is 3. The maximum absolute atomic E-state index is 13.9. The van der Waals surface area contributed by atoms with Gasteiger partial charge in [-0.25, -0.2) is 4.39 Å². The van der Waals surface area contributed by atoms with Crippen LogP contribution < -0.4 is 14.8 Å². The van der Waals surface area contributed by atoms with Gasteiger partial charge in [-0.15, -0.1) is 10.2 Å². The first-order chi connectivity index (χ1) is 14.4. The molecule has 0 aliphatic rings. The number of carbonyl (C=O) groups excluding carboxylic acids is 1. The van der Waals surface area contributed by atoms with E-state index in [0.29, 0.717) is 21.2 Å². The molecular formula is C20H20BrFN4O3S. The molecule has 0 fully saturated rings. The Morgan fingerprint density at radius 2 is 1.93 bits per heavy atom. The van der Waals surface area contributed by atoms with Crippen LogP contribution >= 0.6 is 27.7 Å². The molecule has 10 heteroatoms. The summed E-state index contributed by atoms with van der Waals surface area (Å²) in [6, 6.07) is 11.7. The number of methoxy groups -OCH3 is 1. The fourth-order valence-corrected chi connectivity index (χ4v) is 3.68. The van der Waals surface area contributed by atoms with Crippen LogP contribution in [0.5, 0.6) is 11.5 Å².